The second-order valence-electron chi connectivity index (χ2n) is 20.0. The zero-order valence-electron chi connectivity index (χ0n) is 44.9. The molecule has 2 saturated heterocycles. The van der Waals surface area contributed by atoms with Gasteiger partial charge in [-0.15, -0.1) is 6.42 Å². The van der Waals surface area contributed by atoms with E-state index in [0.717, 1.165) is 82.1 Å². The molecule has 4 aromatic rings. The molecule has 2 saturated carbocycles. The van der Waals surface area contributed by atoms with E-state index in [9.17, 15) is 28.8 Å². The van der Waals surface area contributed by atoms with E-state index in [0.29, 0.717) is 37.2 Å². The van der Waals surface area contributed by atoms with Crippen molar-refractivity contribution < 1.29 is 47.7 Å². The summed E-state index contributed by atoms with van der Waals surface area (Å²) >= 11 is 2.14. The SMILES string of the molecule is C#Cc1ccc(C2(N)CC2)cc1.CNC(=O)[C@@](C)(C(=O)COC1CCCCO1)N(C)C(=O)c1ccc(C#Cc2ccc(C3(N)CC3)cc2)cc1.CNC(=O)[C@@](C)(C(=O)COC1CCCCO1)N(C)C(=O)c1ccc(I)cc1. The van der Waals surface area contributed by atoms with Crippen LogP contribution in [0.3, 0.4) is 0 Å². The van der Waals surface area contributed by atoms with Crippen LogP contribution in [-0.2, 0) is 49.2 Å². The Bertz CT molecular complexity index is 2820. The van der Waals surface area contributed by atoms with Crippen LogP contribution in [0.5, 0.6) is 0 Å². The number of carbonyl (C=O) groups excluding carboxylic acids is 6. The van der Waals surface area contributed by atoms with Crippen LogP contribution >= 0.6 is 22.6 Å². The molecule has 4 aliphatic rings. The molecular formula is C60H71IN6O10. The van der Waals surface area contributed by atoms with Gasteiger partial charge in [0.2, 0.25) is 0 Å². The Kier molecular flexibility index (Phi) is 20.9. The first-order chi connectivity index (χ1) is 36.7. The second-order valence-corrected chi connectivity index (χ2v) is 21.3. The average Bonchev–Trinajstić information content (AvgIpc) is 4.43. The van der Waals surface area contributed by atoms with Crippen LogP contribution in [0.15, 0.2) is 97.1 Å². The van der Waals surface area contributed by atoms with Gasteiger partial charge < -0.3 is 50.8 Å². The van der Waals surface area contributed by atoms with E-state index in [2.05, 4.69) is 51.0 Å². The molecular weight excluding hydrogens is 1090 g/mol. The van der Waals surface area contributed by atoms with Crippen molar-refractivity contribution in [3.05, 3.63) is 140 Å². The summed E-state index contributed by atoms with van der Waals surface area (Å²) in [6, 6.07) is 29.6. The Hall–Kier alpha value is -6.29. The van der Waals surface area contributed by atoms with E-state index in [1.165, 1.54) is 52.5 Å². The summed E-state index contributed by atoms with van der Waals surface area (Å²) in [6.45, 7) is 3.39. The summed E-state index contributed by atoms with van der Waals surface area (Å²) in [5.74, 6) is 5.73. The molecule has 77 heavy (non-hydrogen) atoms. The molecule has 17 heteroatoms. The van der Waals surface area contributed by atoms with Crippen molar-refractivity contribution >= 4 is 57.8 Å². The third kappa shape index (κ3) is 15.3. The van der Waals surface area contributed by atoms with Gasteiger partial charge in [0, 0.05) is 83.9 Å². The summed E-state index contributed by atoms with van der Waals surface area (Å²) in [6.07, 6.45) is 13.8. The summed E-state index contributed by atoms with van der Waals surface area (Å²) in [7, 11) is 5.75. The van der Waals surface area contributed by atoms with E-state index in [4.69, 9.17) is 36.8 Å². The van der Waals surface area contributed by atoms with Crippen molar-refractivity contribution in [2.75, 3.05) is 54.6 Å². The van der Waals surface area contributed by atoms with Gasteiger partial charge in [-0.1, -0.05) is 42.0 Å². The summed E-state index contributed by atoms with van der Waals surface area (Å²) in [5, 5.41) is 4.98. The topological polar surface area (TPSA) is 222 Å². The zero-order valence-corrected chi connectivity index (χ0v) is 47.0. The lowest BCUT2D eigenvalue weighted by Crippen LogP contribution is -2.62. The van der Waals surface area contributed by atoms with Crippen molar-refractivity contribution in [3.8, 4) is 24.2 Å². The number of ether oxygens (including phenoxy) is 4. The lowest BCUT2D eigenvalue weighted by molar-refractivity contribution is -0.174. The monoisotopic (exact) mass is 1160 g/mol. The van der Waals surface area contributed by atoms with Gasteiger partial charge in [0.25, 0.3) is 23.6 Å². The van der Waals surface area contributed by atoms with Gasteiger partial charge in [0.15, 0.2) is 35.2 Å². The predicted molar refractivity (Wildman–Crippen MR) is 301 cm³/mol. The number of terminal acetylenes is 1. The highest BCUT2D eigenvalue weighted by atomic mass is 127. The second kappa shape index (κ2) is 26.9. The Morgan fingerprint density at radius 2 is 0.961 bits per heavy atom. The van der Waals surface area contributed by atoms with Crippen molar-refractivity contribution in [2.24, 2.45) is 11.5 Å². The van der Waals surface area contributed by atoms with Gasteiger partial charge >= 0.3 is 0 Å². The first kappa shape index (κ1) is 59.9. The molecule has 0 bridgehead atoms. The maximum absolute atomic E-state index is 13.3. The Morgan fingerprint density at radius 1 is 0.610 bits per heavy atom. The Balaban J connectivity index is 0.000000212. The Labute approximate surface area is 466 Å². The third-order valence-corrected chi connectivity index (χ3v) is 15.4. The fourth-order valence-electron chi connectivity index (χ4n) is 8.58. The van der Waals surface area contributed by atoms with Crippen LogP contribution in [0.2, 0.25) is 0 Å². The summed E-state index contributed by atoms with van der Waals surface area (Å²) < 4.78 is 23.1. The highest BCUT2D eigenvalue weighted by Gasteiger charge is 2.48. The molecule has 16 nitrogen and oxygen atoms in total. The molecule has 2 aliphatic carbocycles. The van der Waals surface area contributed by atoms with E-state index >= 15 is 0 Å². The molecule has 2 unspecified atom stereocenters. The lowest BCUT2D eigenvalue weighted by Gasteiger charge is -2.36. The normalized spacial score (nSPS) is 19.1. The van der Waals surface area contributed by atoms with Crippen molar-refractivity contribution in [3.63, 3.8) is 0 Å². The first-order valence-electron chi connectivity index (χ1n) is 25.9. The molecule has 2 heterocycles. The van der Waals surface area contributed by atoms with Crippen LogP contribution in [0.1, 0.15) is 127 Å². The van der Waals surface area contributed by atoms with Gasteiger partial charge in [0.05, 0.1) is 0 Å². The number of halogens is 1. The van der Waals surface area contributed by atoms with E-state index in [-0.39, 0.29) is 24.3 Å². The summed E-state index contributed by atoms with van der Waals surface area (Å²) in [5.41, 5.74) is 14.2. The summed E-state index contributed by atoms with van der Waals surface area (Å²) in [4.78, 5) is 79.9. The number of hydrogen-bond acceptors (Lipinski definition) is 12. The maximum Gasteiger partial charge on any atom is 0.254 e. The number of carbonyl (C=O) groups is 6. The van der Waals surface area contributed by atoms with Gasteiger partial charge in [-0.2, -0.15) is 0 Å². The number of nitrogens with zero attached hydrogens (tertiary/aromatic N) is 2. The maximum atomic E-state index is 13.3. The quantitative estimate of drug-likeness (QED) is 0.0550. The highest BCUT2D eigenvalue weighted by Crippen LogP contribution is 2.43. The van der Waals surface area contributed by atoms with E-state index in [1.54, 1.807) is 48.5 Å². The van der Waals surface area contributed by atoms with Gasteiger partial charge in [-0.25, -0.2) is 0 Å². The number of nitrogens with one attached hydrogen (secondary N) is 2. The first-order valence-corrected chi connectivity index (χ1v) is 27.0. The average molecular weight is 1160 g/mol. The number of likely N-dealkylation sites (N-methyl/N-ethyl adjacent to an activating group) is 4. The number of nitrogens with two attached hydrogens (primary N) is 2. The number of benzene rings is 4. The van der Waals surface area contributed by atoms with Crippen LogP contribution in [0, 0.1) is 27.8 Å². The van der Waals surface area contributed by atoms with Crippen molar-refractivity contribution in [1.82, 2.24) is 20.4 Å². The Morgan fingerprint density at radius 3 is 1.29 bits per heavy atom. The number of rotatable bonds is 16. The molecule has 0 spiro atoms. The van der Waals surface area contributed by atoms with Gasteiger partial charge in [-0.3, -0.25) is 28.8 Å². The smallest absolute Gasteiger partial charge is 0.254 e. The molecule has 4 fully saturated rings. The van der Waals surface area contributed by atoms with Crippen molar-refractivity contribution in [2.45, 2.75) is 113 Å². The number of ketones is 2. The number of Topliss-reactive ketones (excluding diaryl/α,β-unsaturated/α-hetero) is 2. The molecule has 2 aliphatic heterocycles. The molecule has 4 amide bonds. The molecule has 6 N–H and O–H groups in total. The van der Waals surface area contributed by atoms with E-state index < -0.39 is 58.9 Å². The van der Waals surface area contributed by atoms with Crippen LogP contribution in [0.25, 0.3) is 0 Å². The number of hydrogen-bond donors (Lipinski definition) is 4. The minimum atomic E-state index is -1.76. The van der Waals surface area contributed by atoms with Crippen molar-refractivity contribution in [1.29, 1.82) is 0 Å². The molecule has 408 valence electrons. The van der Waals surface area contributed by atoms with Gasteiger partial charge in [-0.05, 0) is 185 Å². The molecule has 0 aromatic heterocycles. The van der Waals surface area contributed by atoms with Crippen LogP contribution in [0.4, 0.5) is 0 Å². The minimum absolute atomic E-state index is 0.0346. The van der Waals surface area contributed by atoms with Crippen LogP contribution in [-0.4, -0.2) is 123 Å². The van der Waals surface area contributed by atoms with E-state index in [1.807, 2.05) is 48.5 Å². The highest BCUT2D eigenvalue weighted by molar-refractivity contribution is 14.1. The fourth-order valence-corrected chi connectivity index (χ4v) is 8.94. The number of amides is 4. The molecule has 8 rings (SSSR count). The zero-order chi connectivity index (χ0) is 56.0. The molecule has 0 radical (unpaired) electrons. The fraction of sp³-hybridized carbons (Fsp3) is 0.433. The van der Waals surface area contributed by atoms with Gasteiger partial charge in [0.1, 0.15) is 13.2 Å². The third-order valence-electron chi connectivity index (χ3n) is 14.7. The minimum Gasteiger partial charge on any atom is -0.357 e. The standard InChI is InChI=1S/C30H35N3O5.C19H25IN2O5.C11H11N/c1-29(28(36)32-2,25(34)20-38-26-6-4-5-19-37-26)33(3)27(35)23-13-9-21(10-14-23)7-8-22-11-15-24(16-12-22)30(31)17-18-30;1-19(18(25)21-2,15(23)12-27-16-6-4-5-11-26-16)22(3)17(24)13-7-9-14(20)10-8-13;1-2-9-3-5-10(6-4-9)11(12)7-8-11/h9-16,26H,4-6,17-20,31H2,1-3H3,(H,32,36);7-10,16H,4-6,11-12H2,1-3H3,(H,21,25);1,3-6H,7-8,12H2/t26?,29-;16?,19-;/m11./s1. The lowest BCUT2D eigenvalue weighted by atomic mass is 9.92. The largest absolute Gasteiger partial charge is 0.357 e. The molecule has 4 aromatic carbocycles. The molecule has 4 atom stereocenters. The predicted octanol–water partition coefficient (Wildman–Crippen LogP) is 6.32. The van der Waals surface area contributed by atoms with Crippen LogP contribution < -0.4 is 22.1 Å².